The molecule has 0 spiro atoms. The molecule has 21 heavy (non-hydrogen) atoms. The van der Waals surface area contributed by atoms with Gasteiger partial charge in [-0.1, -0.05) is 22.9 Å². The maximum absolute atomic E-state index is 6.02. The van der Waals surface area contributed by atoms with Gasteiger partial charge in [-0.2, -0.15) is 0 Å². The summed E-state index contributed by atoms with van der Waals surface area (Å²) in [7, 11) is 0. The van der Waals surface area contributed by atoms with Gasteiger partial charge in [-0.3, -0.25) is 0 Å². The summed E-state index contributed by atoms with van der Waals surface area (Å²) in [6.07, 6.45) is 3.69. The molecule has 5 heteroatoms. The first-order chi connectivity index (χ1) is 10.2. The minimum atomic E-state index is 0.249. The molecule has 0 radical (unpaired) electrons. The molecule has 1 aromatic carbocycles. The number of halogens is 1. The predicted octanol–water partition coefficient (Wildman–Crippen LogP) is 3.92. The van der Waals surface area contributed by atoms with Crippen molar-refractivity contribution in [1.82, 2.24) is 14.9 Å². The Labute approximate surface area is 134 Å². The Morgan fingerprint density at radius 3 is 2.90 bits per heavy atom. The van der Waals surface area contributed by atoms with Crippen molar-refractivity contribution in [2.45, 2.75) is 40.0 Å². The summed E-state index contributed by atoms with van der Waals surface area (Å²) in [5, 5.41) is 3.43. The van der Waals surface area contributed by atoms with Crippen LogP contribution in [0, 0.1) is 0 Å². The molecule has 1 aromatic heterocycles. The number of aromatic nitrogens is 2. The van der Waals surface area contributed by atoms with Crippen LogP contribution in [0.5, 0.6) is 5.75 Å². The molecular formula is C16H22BrN3O. The summed E-state index contributed by atoms with van der Waals surface area (Å²) in [5.74, 6) is 0.913. The predicted molar refractivity (Wildman–Crippen MR) is 88.5 cm³/mol. The first-order valence-corrected chi connectivity index (χ1v) is 8.09. The van der Waals surface area contributed by atoms with Gasteiger partial charge in [0.1, 0.15) is 12.4 Å². The van der Waals surface area contributed by atoms with E-state index in [0.717, 1.165) is 34.6 Å². The Morgan fingerprint density at radius 2 is 2.19 bits per heavy atom. The summed E-state index contributed by atoms with van der Waals surface area (Å²) >= 11 is 3.53. The van der Waals surface area contributed by atoms with Crippen LogP contribution in [-0.2, 0) is 13.2 Å². The van der Waals surface area contributed by atoms with Gasteiger partial charge in [0, 0.05) is 22.6 Å². The van der Waals surface area contributed by atoms with Crippen LogP contribution in [0.4, 0.5) is 0 Å². The van der Waals surface area contributed by atoms with E-state index in [9.17, 15) is 0 Å². The van der Waals surface area contributed by atoms with Crippen LogP contribution in [0.1, 0.15) is 38.1 Å². The normalized spacial score (nSPS) is 12.4. The van der Waals surface area contributed by atoms with Crippen LogP contribution in [-0.4, -0.2) is 16.1 Å². The van der Waals surface area contributed by atoms with E-state index < -0.39 is 0 Å². The highest BCUT2D eigenvalue weighted by Gasteiger charge is 2.12. The smallest absolute Gasteiger partial charge is 0.130 e. The average Bonchev–Trinajstić information content (AvgIpc) is 2.93. The van der Waals surface area contributed by atoms with Crippen molar-refractivity contribution in [3.05, 3.63) is 46.5 Å². The van der Waals surface area contributed by atoms with E-state index in [1.165, 1.54) is 0 Å². The van der Waals surface area contributed by atoms with Crippen molar-refractivity contribution in [3.63, 3.8) is 0 Å². The lowest BCUT2D eigenvalue weighted by atomic mass is 10.1. The zero-order chi connectivity index (χ0) is 15.2. The maximum atomic E-state index is 6.02. The molecule has 1 heterocycles. The molecule has 1 atom stereocenters. The number of ether oxygens (including phenoxy) is 1. The molecule has 0 aliphatic heterocycles. The third kappa shape index (κ3) is 4.08. The van der Waals surface area contributed by atoms with Crippen molar-refractivity contribution in [2.75, 3.05) is 6.54 Å². The van der Waals surface area contributed by atoms with E-state index in [1.54, 1.807) is 0 Å². The van der Waals surface area contributed by atoms with Crippen molar-refractivity contribution >= 4 is 15.9 Å². The minimum Gasteiger partial charge on any atom is -0.487 e. The standard InChI is InChI=1S/C16H22BrN3O/c1-4-19-12(3)15-8-13(17)6-7-16(15)21-10-14-9-18-11-20(14)5-2/h6-9,11-12,19H,4-5,10H2,1-3H3. The number of hydrogen-bond acceptors (Lipinski definition) is 3. The summed E-state index contributed by atoms with van der Waals surface area (Å²) in [6.45, 7) is 8.71. The third-order valence-electron chi connectivity index (χ3n) is 3.46. The van der Waals surface area contributed by atoms with Crippen LogP contribution in [0.25, 0.3) is 0 Å². The number of nitrogens with one attached hydrogen (secondary N) is 1. The lowest BCUT2D eigenvalue weighted by Gasteiger charge is -2.18. The molecule has 0 saturated carbocycles. The van der Waals surface area contributed by atoms with E-state index in [1.807, 2.05) is 24.7 Å². The van der Waals surface area contributed by atoms with Crippen LogP contribution in [0.3, 0.4) is 0 Å². The molecular weight excluding hydrogens is 330 g/mol. The van der Waals surface area contributed by atoms with Gasteiger partial charge < -0.3 is 14.6 Å². The number of aryl methyl sites for hydroxylation is 1. The van der Waals surface area contributed by atoms with Gasteiger partial charge in [0.15, 0.2) is 0 Å². The van der Waals surface area contributed by atoms with Gasteiger partial charge in [-0.25, -0.2) is 4.98 Å². The van der Waals surface area contributed by atoms with E-state index in [2.05, 4.69) is 57.6 Å². The van der Waals surface area contributed by atoms with Crippen molar-refractivity contribution in [1.29, 1.82) is 0 Å². The second-order valence-corrected chi connectivity index (χ2v) is 5.84. The van der Waals surface area contributed by atoms with E-state index in [0.29, 0.717) is 6.61 Å². The summed E-state index contributed by atoms with van der Waals surface area (Å²) < 4.78 is 9.18. The molecule has 0 fully saturated rings. The van der Waals surface area contributed by atoms with Crippen molar-refractivity contribution < 1.29 is 4.74 Å². The second-order valence-electron chi connectivity index (χ2n) is 4.92. The molecule has 0 saturated heterocycles. The second kappa shape index (κ2) is 7.61. The Morgan fingerprint density at radius 1 is 1.38 bits per heavy atom. The molecule has 2 rings (SSSR count). The molecule has 1 N–H and O–H groups in total. The first kappa shape index (κ1) is 16.0. The average molecular weight is 352 g/mol. The maximum Gasteiger partial charge on any atom is 0.130 e. The SMILES string of the molecule is CCNC(C)c1cc(Br)ccc1OCc1cncn1CC. The summed E-state index contributed by atoms with van der Waals surface area (Å²) in [4.78, 5) is 4.17. The van der Waals surface area contributed by atoms with Gasteiger partial charge in [-0.05, 0) is 38.6 Å². The van der Waals surface area contributed by atoms with E-state index in [-0.39, 0.29) is 6.04 Å². The first-order valence-electron chi connectivity index (χ1n) is 7.30. The van der Waals surface area contributed by atoms with E-state index in [4.69, 9.17) is 4.74 Å². The van der Waals surface area contributed by atoms with Gasteiger partial charge in [0.05, 0.1) is 18.2 Å². The van der Waals surface area contributed by atoms with Crippen molar-refractivity contribution in [3.8, 4) is 5.75 Å². The molecule has 114 valence electrons. The fraction of sp³-hybridized carbons (Fsp3) is 0.438. The van der Waals surface area contributed by atoms with Crippen LogP contribution in [0.2, 0.25) is 0 Å². The van der Waals surface area contributed by atoms with Crippen LogP contribution in [0.15, 0.2) is 35.2 Å². The Hall–Kier alpha value is -1.33. The number of benzene rings is 1. The molecule has 0 bridgehead atoms. The van der Waals surface area contributed by atoms with Crippen LogP contribution < -0.4 is 10.1 Å². The molecule has 0 amide bonds. The quantitative estimate of drug-likeness (QED) is 0.821. The van der Waals surface area contributed by atoms with Gasteiger partial charge in [-0.15, -0.1) is 0 Å². The van der Waals surface area contributed by atoms with Gasteiger partial charge >= 0.3 is 0 Å². The molecule has 4 nitrogen and oxygen atoms in total. The number of nitrogens with zero attached hydrogens (tertiary/aromatic N) is 2. The van der Waals surface area contributed by atoms with Gasteiger partial charge in [0.25, 0.3) is 0 Å². The molecule has 0 aliphatic carbocycles. The Kier molecular flexibility index (Phi) is 5.82. The minimum absolute atomic E-state index is 0.249. The topological polar surface area (TPSA) is 39.1 Å². The van der Waals surface area contributed by atoms with Crippen molar-refractivity contribution in [2.24, 2.45) is 0 Å². The Balaban J connectivity index is 2.15. The highest BCUT2D eigenvalue weighted by Crippen LogP contribution is 2.29. The highest BCUT2D eigenvalue weighted by molar-refractivity contribution is 9.10. The zero-order valence-electron chi connectivity index (χ0n) is 12.8. The number of rotatable bonds is 7. The summed E-state index contributed by atoms with van der Waals surface area (Å²) in [6, 6.07) is 6.38. The fourth-order valence-electron chi connectivity index (χ4n) is 2.31. The Bertz CT molecular complexity index is 583. The number of imidazole rings is 1. The zero-order valence-corrected chi connectivity index (χ0v) is 14.4. The highest BCUT2D eigenvalue weighted by atomic mass is 79.9. The van der Waals surface area contributed by atoms with Crippen LogP contribution >= 0.6 is 15.9 Å². The molecule has 2 aromatic rings. The third-order valence-corrected chi connectivity index (χ3v) is 3.96. The van der Waals surface area contributed by atoms with Gasteiger partial charge in [0.2, 0.25) is 0 Å². The monoisotopic (exact) mass is 351 g/mol. The molecule has 0 aliphatic rings. The molecule has 1 unspecified atom stereocenters. The fourth-order valence-corrected chi connectivity index (χ4v) is 2.69. The summed E-state index contributed by atoms with van der Waals surface area (Å²) in [5.41, 5.74) is 2.25. The van der Waals surface area contributed by atoms with E-state index >= 15 is 0 Å². The lowest BCUT2D eigenvalue weighted by Crippen LogP contribution is -2.18. The lowest BCUT2D eigenvalue weighted by molar-refractivity contribution is 0.289. The largest absolute Gasteiger partial charge is 0.487 e. The number of hydrogen-bond donors (Lipinski definition) is 1.